The highest BCUT2D eigenvalue weighted by atomic mass is 15.3. The van der Waals surface area contributed by atoms with Gasteiger partial charge in [0.1, 0.15) is 12.2 Å². The van der Waals surface area contributed by atoms with Gasteiger partial charge in [0.15, 0.2) is 0 Å². The first-order valence-corrected chi connectivity index (χ1v) is 4.45. The number of aryl methyl sites for hydroxylation is 1. The van der Waals surface area contributed by atoms with Crippen molar-refractivity contribution in [2.24, 2.45) is 0 Å². The zero-order chi connectivity index (χ0) is 8.81. The van der Waals surface area contributed by atoms with Crippen LogP contribution in [0.15, 0.2) is 6.33 Å². The van der Waals surface area contributed by atoms with Crippen molar-refractivity contribution in [3.05, 3.63) is 12.2 Å². The molecule has 0 amide bonds. The molecular formula is C8H16N4. The smallest absolute Gasteiger partial charge is 0.146 e. The molecule has 4 nitrogen and oxygen atoms in total. The van der Waals surface area contributed by atoms with E-state index in [2.05, 4.69) is 33.9 Å². The number of hydrogen-bond donors (Lipinski definition) is 1. The highest BCUT2D eigenvalue weighted by Gasteiger charge is 2.00. The van der Waals surface area contributed by atoms with E-state index in [1.165, 1.54) is 0 Å². The lowest BCUT2D eigenvalue weighted by Crippen LogP contribution is -2.16. The van der Waals surface area contributed by atoms with Crippen molar-refractivity contribution in [2.45, 2.75) is 33.4 Å². The minimum atomic E-state index is 0.816. The van der Waals surface area contributed by atoms with Crippen molar-refractivity contribution in [1.29, 1.82) is 0 Å². The molecule has 0 aromatic carbocycles. The predicted octanol–water partition coefficient (Wildman–Crippen LogP) is 0.798. The van der Waals surface area contributed by atoms with Gasteiger partial charge in [-0.05, 0) is 13.0 Å². The second-order valence-corrected chi connectivity index (χ2v) is 2.72. The van der Waals surface area contributed by atoms with Gasteiger partial charge in [-0.25, -0.2) is 0 Å². The van der Waals surface area contributed by atoms with E-state index in [9.17, 15) is 0 Å². The summed E-state index contributed by atoms with van der Waals surface area (Å²) >= 11 is 0. The molecule has 0 unspecified atom stereocenters. The number of aromatic nitrogens is 3. The van der Waals surface area contributed by atoms with Crippen LogP contribution in [-0.2, 0) is 13.1 Å². The standard InChI is InChI=1S/C8H16N4/c1-3-5-12-7-10-11-8(12)6-9-4-2/h7,9H,3-6H2,1-2H3. The Morgan fingerprint density at radius 1 is 1.50 bits per heavy atom. The first-order chi connectivity index (χ1) is 5.88. The fourth-order valence-corrected chi connectivity index (χ4v) is 1.08. The quantitative estimate of drug-likeness (QED) is 0.707. The molecular weight excluding hydrogens is 152 g/mol. The van der Waals surface area contributed by atoms with Gasteiger partial charge in [0, 0.05) is 6.54 Å². The largest absolute Gasteiger partial charge is 0.317 e. The zero-order valence-corrected chi connectivity index (χ0v) is 7.75. The maximum Gasteiger partial charge on any atom is 0.146 e. The summed E-state index contributed by atoms with van der Waals surface area (Å²) in [6.07, 6.45) is 2.91. The summed E-state index contributed by atoms with van der Waals surface area (Å²) in [6, 6.07) is 0. The average Bonchev–Trinajstić information content (AvgIpc) is 2.50. The minimum Gasteiger partial charge on any atom is -0.317 e. The van der Waals surface area contributed by atoms with Crippen LogP contribution >= 0.6 is 0 Å². The number of rotatable bonds is 5. The van der Waals surface area contributed by atoms with Crippen molar-refractivity contribution < 1.29 is 0 Å². The monoisotopic (exact) mass is 168 g/mol. The van der Waals surface area contributed by atoms with E-state index in [1.807, 2.05) is 0 Å². The van der Waals surface area contributed by atoms with Gasteiger partial charge in [-0.15, -0.1) is 10.2 Å². The van der Waals surface area contributed by atoms with E-state index in [0.29, 0.717) is 0 Å². The highest BCUT2D eigenvalue weighted by Crippen LogP contribution is 1.95. The molecule has 0 spiro atoms. The van der Waals surface area contributed by atoms with Crippen LogP contribution in [0.3, 0.4) is 0 Å². The normalized spacial score (nSPS) is 10.5. The highest BCUT2D eigenvalue weighted by molar-refractivity contribution is 4.84. The van der Waals surface area contributed by atoms with Crippen LogP contribution in [0.1, 0.15) is 26.1 Å². The lowest BCUT2D eigenvalue weighted by Gasteiger charge is -2.03. The van der Waals surface area contributed by atoms with Crippen LogP contribution in [0, 0.1) is 0 Å². The van der Waals surface area contributed by atoms with Crippen molar-refractivity contribution in [1.82, 2.24) is 20.1 Å². The lowest BCUT2D eigenvalue weighted by atomic mass is 10.4. The van der Waals surface area contributed by atoms with Gasteiger partial charge >= 0.3 is 0 Å². The van der Waals surface area contributed by atoms with Crippen LogP contribution in [0.2, 0.25) is 0 Å². The molecule has 0 saturated heterocycles. The Morgan fingerprint density at radius 2 is 2.33 bits per heavy atom. The van der Waals surface area contributed by atoms with Crippen LogP contribution in [0.25, 0.3) is 0 Å². The summed E-state index contributed by atoms with van der Waals surface area (Å²) in [7, 11) is 0. The molecule has 1 rings (SSSR count). The lowest BCUT2D eigenvalue weighted by molar-refractivity contribution is 0.599. The zero-order valence-electron chi connectivity index (χ0n) is 7.75. The second-order valence-electron chi connectivity index (χ2n) is 2.72. The van der Waals surface area contributed by atoms with Crippen molar-refractivity contribution >= 4 is 0 Å². The minimum absolute atomic E-state index is 0.816. The SMILES string of the molecule is CCCn1cnnc1CNCC. The third kappa shape index (κ3) is 2.30. The Hall–Kier alpha value is -0.900. The first-order valence-electron chi connectivity index (χ1n) is 4.45. The molecule has 1 heterocycles. The molecule has 1 aromatic rings. The van der Waals surface area contributed by atoms with Gasteiger partial charge in [0.25, 0.3) is 0 Å². The van der Waals surface area contributed by atoms with E-state index in [4.69, 9.17) is 0 Å². The molecule has 1 N–H and O–H groups in total. The van der Waals surface area contributed by atoms with E-state index in [0.717, 1.165) is 31.9 Å². The van der Waals surface area contributed by atoms with Crippen LogP contribution in [0.5, 0.6) is 0 Å². The van der Waals surface area contributed by atoms with Crippen molar-refractivity contribution in [3.8, 4) is 0 Å². The molecule has 0 radical (unpaired) electrons. The van der Waals surface area contributed by atoms with E-state index < -0.39 is 0 Å². The molecule has 0 fully saturated rings. The van der Waals surface area contributed by atoms with Crippen molar-refractivity contribution in [3.63, 3.8) is 0 Å². The average molecular weight is 168 g/mol. The fourth-order valence-electron chi connectivity index (χ4n) is 1.08. The molecule has 0 aliphatic rings. The summed E-state index contributed by atoms with van der Waals surface area (Å²) in [6.45, 7) is 7.03. The van der Waals surface area contributed by atoms with E-state index >= 15 is 0 Å². The molecule has 0 aliphatic heterocycles. The Morgan fingerprint density at radius 3 is 3.00 bits per heavy atom. The Kier molecular flexibility index (Phi) is 3.73. The second kappa shape index (κ2) is 4.87. The molecule has 12 heavy (non-hydrogen) atoms. The molecule has 68 valence electrons. The molecule has 4 heteroatoms. The predicted molar refractivity (Wildman–Crippen MR) is 47.7 cm³/mol. The fraction of sp³-hybridized carbons (Fsp3) is 0.750. The maximum absolute atomic E-state index is 4.02. The third-order valence-corrected chi connectivity index (χ3v) is 1.69. The third-order valence-electron chi connectivity index (χ3n) is 1.69. The van der Waals surface area contributed by atoms with Crippen LogP contribution in [0.4, 0.5) is 0 Å². The first kappa shape index (κ1) is 9.19. The van der Waals surface area contributed by atoms with Crippen LogP contribution < -0.4 is 5.32 Å². The van der Waals surface area contributed by atoms with Gasteiger partial charge in [-0.1, -0.05) is 13.8 Å². The summed E-state index contributed by atoms with van der Waals surface area (Å²) < 4.78 is 2.09. The summed E-state index contributed by atoms with van der Waals surface area (Å²) in [5.41, 5.74) is 0. The van der Waals surface area contributed by atoms with Crippen molar-refractivity contribution in [2.75, 3.05) is 6.54 Å². The molecule has 0 bridgehead atoms. The number of nitrogens with one attached hydrogen (secondary N) is 1. The Balaban J connectivity index is 2.51. The Bertz CT molecular complexity index is 219. The number of nitrogens with zero attached hydrogens (tertiary/aromatic N) is 3. The molecule has 0 saturated carbocycles. The van der Waals surface area contributed by atoms with E-state index in [-0.39, 0.29) is 0 Å². The van der Waals surface area contributed by atoms with Gasteiger partial charge in [-0.2, -0.15) is 0 Å². The Labute approximate surface area is 73.0 Å². The summed E-state index contributed by atoms with van der Waals surface area (Å²) in [5, 5.41) is 11.1. The van der Waals surface area contributed by atoms with Gasteiger partial charge < -0.3 is 9.88 Å². The van der Waals surface area contributed by atoms with Gasteiger partial charge in [0.05, 0.1) is 6.54 Å². The number of hydrogen-bond acceptors (Lipinski definition) is 3. The van der Waals surface area contributed by atoms with Gasteiger partial charge in [0.2, 0.25) is 0 Å². The van der Waals surface area contributed by atoms with Gasteiger partial charge in [-0.3, -0.25) is 0 Å². The topological polar surface area (TPSA) is 42.7 Å². The molecule has 0 atom stereocenters. The summed E-state index contributed by atoms with van der Waals surface area (Å²) in [4.78, 5) is 0. The molecule has 1 aromatic heterocycles. The maximum atomic E-state index is 4.02. The van der Waals surface area contributed by atoms with Crippen LogP contribution in [-0.4, -0.2) is 21.3 Å². The van der Waals surface area contributed by atoms with E-state index in [1.54, 1.807) is 6.33 Å². The molecule has 0 aliphatic carbocycles. The summed E-state index contributed by atoms with van der Waals surface area (Å²) in [5.74, 6) is 1.03.